The Morgan fingerprint density at radius 2 is 2.12 bits per heavy atom. The SMILES string of the molecule is CCOCC(O)CN(C)Cc1ccccc1F. The van der Waals surface area contributed by atoms with Crippen LogP contribution in [0.2, 0.25) is 0 Å². The Morgan fingerprint density at radius 3 is 2.76 bits per heavy atom. The third kappa shape index (κ3) is 5.26. The van der Waals surface area contributed by atoms with Crippen LogP contribution in [0.3, 0.4) is 0 Å². The first-order valence-electron chi connectivity index (χ1n) is 5.81. The predicted octanol–water partition coefficient (Wildman–Crippen LogP) is 1.65. The van der Waals surface area contributed by atoms with Gasteiger partial charge < -0.3 is 9.84 Å². The lowest BCUT2D eigenvalue weighted by Gasteiger charge is -2.20. The van der Waals surface area contributed by atoms with Gasteiger partial charge in [-0.25, -0.2) is 4.39 Å². The van der Waals surface area contributed by atoms with Crippen LogP contribution in [0, 0.1) is 5.82 Å². The summed E-state index contributed by atoms with van der Waals surface area (Å²) in [6.07, 6.45) is -0.535. The van der Waals surface area contributed by atoms with Crippen molar-refractivity contribution in [1.29, 1.82) is 0 Å². The minimum atomic E-state index is -0.535. The van der Waals surface area contributed by atoms with Crippen LogP contribution in [0.5, 0.6) is 0 Å². The summed E-state index contributed by atoms with van der Waals surface area (Å²) in [7, 11) is 1.85. The molecule has 0 aromatic heterocycles. The lowest BCUT2D eigenvalue weighted by molar-refractivity contribution is 0.0243. The van der Waals surface area contributed by atoms with E-state index in [1.165, 1.54) is 6.07 Å². The average Bonchev–Trinajstić information content (AvgIpc) is 2.29. The molecule has 0 spiro atoms. The molecule has 1 aromatic carbocycles. The van der Waals surface area contributed by atoms with Crippen molar-refractivity contribution in [3.05, 3.63) is 35.6 Å². The van der Waals surface area contributed by atoms with Crippen molar-refractivity contribution in [3.8, 4) is 0 Å². The first-order valence-corrected chi connectivity index (χ1v) is 5.81. The van der Waals surface area contributed by atoms with Gasteiger partial charge in [0.1, 0.15) is 5.82 Å². The second-order valence-electron chi connectivity index (χ2n) is 4.10. The number of hydrogen-bond donors (Lipinski definition) is 1. The number of aliphatic hydroxyl groups excluding tert-OH is 1. The molecule has 1 rings (SSSR count). The zero-order valence-electron chi connectivity index (χ0n) is 10.4. The average molecular weight is 241 g/mol. The maximum Gasteiger partial charge on any atom is 0.127 e. The van der Waals surface area contributed by atoms with Crippen molar-refractivity contribution >= 4 is 0 Å². The van der Waals surface area contributed by atoms with Gasteiger partial charge >= 0.3 is 0 Å². The van der Waals surface area contributed by atoms with Gasteiger partial charge in [0.15, 0.2) is 0 Å². The van der Waals surface area contributed by atoms with Crippen molar-refractivity contribution in [2.75, 3.05) is 26.8 Å². The lowest BCUT2D eigenvalue weighted by Crippen LogP contribution is -2.32. The van der Waals surface area contributed by atoms with Gasteiger partial charge in [-0.05, 0) is 20.0 Å². The van der Waals surface area contributed by atoms with Crippen LogP contribution in [-0.2, 0) is 11.3 Å². The molecule has 0 aliphatic heterocycles. The fraction of sp³-hybridized carbons (Fsp3) is 0.538. The molecule has 96 valence electrons. The number of ether oxygens (including phenoxy) is 1. The highest BCUT2D eigenvalue weighted by atomic mass is 19.1. The Morgan fingerprint density at radius 1 is 1.41 bits per heavy atom. The van der Waals surface area contributed by atoms with E-state index >= 15 is 0 Å². The van der Waals surface area contributed by atoms with Crippen LogP contribution in [0.25, 0.3) is 0 Å². The fourth-order valence-electron chi connectivity index (χ4n) is 1.65. The van der Waals surface area contributed by atoms with E-state index in [0.29, 0.717) is 31.9 Å². The van der Waals surface area contributed by atoms with Crippen LogP contribution >= 0.6 is 0 Å². The predicted molar refractivity (Wildman–Crippen MR) is 65.2 cm³/mol. The number of halogens is 1. The largest absolute Gasteiger partial charge is 0.389 e. The molecule has 1 aromatic rings. The van der Waals surface area contributed by atoms with Crippen molar-refractivity contribution in [1.82, 2.24) is 4.90 Å². The Bertz CT molecular complexity index is 333. The monoisotopic (exact) mass is 241 g/mol. The highest BCUT2D eigenvalue weighted by Gasteiger charge is 2.10. The van der Waals surface area contributed by atoms with Gasteiger partial charge in [0.05, 0.1) is 12.7 Å². The molecule has 1 unspecified atom stereocenters. The summed E-state index contributed by atoms with van der Waals surface area (Å²) in [6.45, 7) is 3.74. The van der Waals surface area contributed by atoms with E-state index in [0.717, 1.165) is 0 Å². The molecule has 17 heavy (non-hydrogen) atoms. The van der Waals surface area contributed by atoms with Gasteiger partial charge in [0.25, 0.3) is 0 Å². The Kier molecular flexibility index (Phi) is 6.11. The zero-order chi connectivity index (χ0) is 12.7. The van der Waals surface area contributed by atoms with Crippen LogP contribution in [0.1, 0.15) is 12.5 Å². The molecule has 0 aliphatic rings. The van der Waals surface area contributed by atoms with E-state index in [1.54, 1.807) is 12.1 Å². The third-order valence-electron chi connectivity index (χ3n) is 2.43. The van der Waals surface area contributed by atoms with Gasteiger partial charge in [0.2, 0.25) is 0 Å². The Balaban J connectivity index is 2.39. The maximum absolute atomic E-state index is 13.4. The third-order valence-corrected chi connectivity index (χ3v) is 2.43. The smallest absolute Gasteiger partial charge is 0.127 e. The number of nitrogens with zero attached hydrogens (tertiary/aromatic N) is 1. The van der Waals surface area contributed by atoms with E-state index < -0.39 is 6.10 Å². The van der Waals surface area contributed by atoms with Gasteiger partial charge in [0, 0.05) is 25.3 Å². The number of aliphatic hydroxyl groups is 1. The fourth-order valence-corrected chi connectivity index (χ4v) is 1.65. The summed E-state index contributed by atoms with van der Waals surface area (Å²) >= 11 is 0. The quantitative estimate of drug-likeness (QED) is 0.788. The molecule has 0 saturated heterocycles. The molecule has 0 amide bonds. The van der Waals surface area contributed by atoms with Gasteiger partial charge in [-0.2, -0.15) is 0 Å². The second-order valence-corrected chi connectivity index (χ2v) is 4.10. The topological polar surface area (TPSA) is 32.7 Å². The molecule has 1 N–H and O–H groups in total. The minimum absolute atomic E-state index is 0.210. The van der Waals surface area contributed by atoms with Gasteiger partial charge in [-0.1, -0.05) is 18.2 Å². The van der Waals surface area contributed by atoms with Crippen LogP contribution in [-0.4, -0.2) is 42.9 Å². The first-order chi connectivity index (χ1) is 8.13. The maximum atomic E-state index is 13.4. The molecule has 0 saturated carbocycles. The minimum Gasteiger partial charge on any atom is -0.389 e. The molecule has 0 aliphatic carbocycles. The summed E-state index contributed by atoms with van der Waals surface area (Å²) < 4.78 is 18.5. The summed E-state index contributed by atoms with van der Waals surface area (Å²) in [5.41, 5.74) is 0.638. The van der Waals surface area contributed by atoms with Crippen molar-refractivity contribution in [2.24, 2.45) is 0 Å². The van der Waals surface area contributed by atoms with Gasteiger partial charge in [-0.15, -0.1) is 0 Å². The number of rotatable bonds is 7. The number of likely N-dealkylation sites (N-methyl/N-ethyl adjacent to an activating group) is 1. The van der Waals surface area contributed by atoms with Crippen molar-refractivity contribution in [3.63, 3.8) is 0 Å². The normalized spacial score (nSPS) is 13.0. The highest BCUT2D eigenvalue weighted by molar-refractivity contribution is 5.16. The number of hydrogen-bond acceptors (Lipinski definition) is 3. The van der Waals surface area contributed by atoms with Crippen LogP contribution in [0.15, 0.2) is 24.3 Å². The molecule has 0 fully saturated rings. The van der Waals surface area contributed by atoms with E-state index in [-0.39, 0.29) is 5.82 Å². The van der Waals surface area contributed by atoms with E-state index in [4.69, 9.17) is 4.74 Å². The van der Waals surface area contributed by atoms with Gasteiger partial charge in [-0.3, -0.25) is 4.90 Å². The molecule has 1 atom stereocenters. The van der Waals surface area contributed by atoms with Crippen LogP contribution < -0.4 is 0 Å². The molecule has 3 nitrogen and oxygen atoms in total. The molecular formula is C13H20FNO2. The summed E-state index contributed by atoms with van der Waals surface area (Å²) in [5.74, 6) is -0.210. The standard InChI is InChI=1S/C13H20FNO2/c1-3-17-10-12(16)9-15(2)8-11-6-4-5-7-13(11)14/h4-7,12,16H,3,8-10H2,1-2H3. The molecule has 0 bridgehead atoms. The van der Waals surface area contributed by atoms with Crippen LogP contribution in [0.4, 0.5) is 4.39 Å². The molecule has 4 heteroatoms. The summed E-state index contributed by atoms with van der Waals surface area (Å²) in [6, 6.07) is 6.67. The Labute approximate surface area is 102 Å². The van der Waals surface area contributed by atoms with E-state index in [2.05, 4.69) is 0 Å². The Hall–Kier alpha value is -0.970. The molecular weight excluding hydrogens is 221 g/mol. The van der Waals surface area contributed by atoms with Crippen molar-refractivity contribution in [2.45, 2.75) is 19.6 Å². The highest BCUT2D eigenvalue weighted by Crippen LogP contribution is 2.09. The van der Waals surface area contributed by atoms with E-state index in [9.17, 15) is 9.50 Å². The zero-order valence-corrected chi connectivity index (χ0v) is 10.4. The van der Waals surface area contributed by atoms with Crippen molar-refractivity contribution < 1.29 is 14.2 Å². The van der Waals surface area contributed by atoms with E-state index in [1.807, 2.05) is 24.9 Å². The molecule has 0 radical (unpaired) electrons. The number of benzene rings is 1. The second kappa shape index (κ2) is 7.37. The first kappa shape index (κ1) is 14.1. The molecule has 0 heterocycles. The summed E-state index contributed by atoms with van der Waals surface area (Å²) in [5, 5.41) is 9.64. The lowest BCUT2D eigenvalue weighted by atomic mass is 10.2. The summed E-state index contributed by atoms with van der Waals surface area (Å²) in [4.78, 5) is 1.88.